The van der Waals surface area contributed by atoms with E-state index in [1.54, 1.807) is 9.47 Å². The van der Waals surface area contributed by atoms with Crippen molar-refractivity contribution in [3.63, 3.8) is 0 Å². The Balaban J connectivity index is 1.66. The monoisotopic (exact) mass is 360 g/mol. The van der Waals surface area contributed by atoms with Crippen molar-refractivity contribution >= 4 is 5.91 Å². The summed E-state index contributed by atoms with van der Waals surface area (Å²) in [6.07, 6.45) is 4.09. The van der Waals surface area contributed by atoms with E-state index in [1.165, 1.54) is 4.68 Å². The van der Waals surface area contributed by atoms with Crippen LogP contribution in [0.15, 0.2) is 11.0 Å². The molecule has 0 bridgehead atoms. The van der Waals surface area contributed by atoms with Crippen LogP contribution in [0, 0.1) is 12.8 Å². The Labute approximate surface area is 153 Å². The number of aromatic nitrogens is 5. The van der Waals surface area contributed by atoms with Crippen molar-refractivity contribution in [3.05, 3.63) is 33.8 Å². The highest BCUT2D eigenvalue weighted by Gasteiger charge is 2.27. The first-order valence-electron chi connectivity index (χ1n) is 9.39. The van der Waals surface area contributed by atoms with Crippen molar-refractivity contribution in [1.82, 2.24) is 29.0 Å². The number of amides is 1. The number of fused-ring (bicyclic) bond motifs is 1. The molecule has 2 aromatic rings. The molecule has 0 radical (unpaired) electrons. The van der Waals surface area contributed by atoms with E-state index in [-0.39, 0.29) is 17.5 Å². The van der Waals surface area contributed by atoms with Gasteiger partial charge >= 0.3 is 5.69 Å². The van der Waals surface area contributed by atoms with Gasteiger partial charge in [-0.3, -0.25) is 14.0 Å². The van der Waals surface area contributed by atoms with Crippen LogP contribution in [0.5, 0.6) is 0 Å². The number of hydrogen-bond acceptors (Lipinski definition) is 4. The minimum absolute atomic E-state index is 0.0634. The molecule has 142 valence electrons. The molecular formula is C18H28N6O2. The Bertz CT molecular complexity index is 846. The van der Waals surface area contributed by atoms with E-state index in [2.05, 4.69) is 10.2 Å². The zero-order valence-corrected chi connectivity index (χ0v) is 16.1. The largest absolute Gasteiger partial charge is 0.345 e. The highest BCUT2D eigenvalue weighted by molar-refractivity contribution is 5.78. The van der Waals surface area contributed by atoms with Crippen LogP contribution >= 0.6 is 0 Å². The Morgan fingerprint density at radius 1 is 1.27 bits per heavy atom. The molecule has 26 heavy (non-hydrogen) atoms. The molecule has 0 spiro atoms. The van der Waals surface area contributed by atoms with Gasteiger partial charge in [0.1, 0.15) is 5.82 Å². The van der Waals surface area contributed by atoms with Gasteiger partial charge in [0.25, 0.3) is 0 Å². The second-order valence-electron chi connectivity index (χ2n) is 6.98. The molecule has 0 aliphatic carbocycles. The second kappa shape index (κ2) is 7.47. The fourth-order valence-electron chi connectivity index (χ4n) is 3.60. The van der Waals surface area contributed by atoms with Gasteiger partial charge < -0.3 is 4.90 Å². The van der Waals surface area contributed by atoms with Gasteiger partial charge in [0.2, 0.25) is 5.91 Å². The van der Waals surface area contributed by atoms with Crippen LogP contribution in [0.4, 0.5) is 0 Å². The average Bonchev–Trinajstić information content (AvgIpc) is 3.05. The summed E-state index contributed by atoms with van der Waals surface area (Å²) in [5, 5.41) is 8.84. The van der Waals surface area contributed by atoms with E-state index in [9.17, 15) is 9.59 Å². The summed E-state index contributed by atoms with van der Waals surface area (Å²) in [7, 11) is 1.85. The number of carbonyl (C=O) groups is 1. The number of hydrogen-bond donors (Lipinski definition) is 0. The summed E-state index contributed by atoms with van der Waals surface area (Å²) in [5.41, 5.74) is 1.98. The molecule has 8 nitrogen and oxygen atoms in total. The minimum atomic E-state index is -0.0716. The van der Waals surface area contributed by atoms with Crippen LogP contribution in [-0.2, 0) is 37.4 Å². The molecule has 0 aromatic carbocycles. The lowest BCUT2D eigenvalue weighted by Crippen LogP contribution is -2.33. The first-order valence-corrected chi connectivity index (χ1v) is 9.39. The average molecular weight is 360 g/mol. The van der Waals surface area contributed by atoms with Crippen LogP contribution in [0.25, 0.3) is 0 Å². The quantitative estimate of drug-likeness (QED) is 0.803. The van der Waals surface area contributed by atoms with Crippen molar-refractivity contribution < 1.29 is 4.79 Å². The van der Waals surface area contributed by atoms with E-state index in [4.69, 9.17) is 0 Å². The molecule has 3 heterocycles. The van der Waals surface area contributed by atoms with Gasteiger partial charge in [-0.25, -0.2) is 9.48 Å². The molecule has 0 saturated heterocycles. The van der Waals surface area contributed by atoms with Crippen LogP contribution in [-0.4, -0.2) is 42.0 Å². The smallest absolute Gasteiger partial charge is 0.341 e. The number of rotatable bonds is 5. The fraction of sp³-hybridized carbons (Fsp3) is 0.667. The lowest BCUT2D eigenvalue weighted by molar-refractivity contribution is -0.135. The number of aryl methyl sites for hydroxylation is 4. The van der Waals surface area contributed by atoms with E-state index in [0.717, 1.165) is 30.0 Å². The second-order valence-corrected chi connectivity index (χ2v) is 6.98. The van der Waals surface area contributed by atoms with E-state index >= 15 is 0 Å². The van der Waals surface area contributed by atoms with E-state index < -0.39 is 0 Å². The molecule has 0 fully saturated rings. The summed E-state index contributed by atoms with van der Waals surface area (Å²) < 4.78 is 5.12. The summed E-state index contributed by atoms with van der Waals surface area (Å²) >= 11 is 0. The molecular weight excluding hydrogens is 332 g/mol. The SMILES string of the molecule is CCn1cc(CN(C)C(=O)C2CCc3nn(CC)c(=O)n3CC2)c(C)n1. The Morgan fingerprint density at radius 2 is 2.04 bits per heavy atom. The molecule has 8 heteroatoms. The number of carbonyl (C=O) groups excluding carboxylic acids is 1. The zero-order valence-electron chi connectivity index (χ0n) is 16.1. The molecule has 0 N–H and O–H groups in total. The van der Waals surface area contributed by atoms with Crippen molar-refractivity contribution in [2.75, 3.05) is 7.05 Å². The number of nitrogens with zero attached hydrogens (tertiary/aromatic N) is 6. The zero-order chi connectivity index (χ0) is 18.8. The van der Waals surface area contributed by atoms with Crippen molar-refractivity contribution in [2.45, 2.75) is 66.2 Å². The maximum atomic E-state index is 12.9. The molecule has 1 aliphatic rings. The molecule has 1 unspecified atom stereocenters. The highest BCUT2D eigenvalue weighted by Crippen LogP contribution is 2.21. The van der Waals surface area contributed by atoms with Gasteiger partial charge in [-0.15, -0.1) is 0 Å². The predicted molar refractivity (Wildman–Crippen MR) is 97.7 cm³/mol. The lowest BCUT2D eigenvalue weighted by atomic mass is 9.98. The summed E-state index contributed by atoms with van der Waals surface area (Å²) in [4.78, 5) is 27.0. The standard InChI is InChI=1S/C18H28N6O2/c1-5-22-12-15(13(3)19-22)11-21(4)17(25)14-7-8-16-20-24(6-2)18(26)23(16)10-9-14/h12,14H,5-11H2,1-4H3. The molecule has 0 saturated carbocycles. The van der Waals surface area contributed by atoms with Gasteiger partial charge in [-0.05, 0) is 33.6 Å². The summed E-state index contributed by atoms with van der Waals surface area (Å²) in [6, 6.07) is 0. The lowest BCUT2D eigenvalue weighted by Gasteiger charge is -2.22. The molecule has 1 atom stereocenters. The van der Waals surface area contributed by atoms with Crippen LogP contribution in [0.2, 0.25) is 0 Å². The maximum Gasteiger partial charge on any atom is 0.345 e. The van der Waals surface area contributed by atoms with Gasteiger partial charge in [-0.2, -0.15) is 10.2 Å². The maximum absolute atomic E-state index is 12.9. The normalized spacial score (nSPS) is 17.0. The molecule has 2 aromatic heterocycles. The summed E-state index contributed by atoms with van der Waals surface area (Å²) in [6.45, 7) is 8.46. The first kappa shape index (κ1) is 18.4. The Kier molecular flexibility index (Phi) is 5.29. The third-order valence-electron chi connectivity index (χ3n) is 5.22. The van der Waals surface area contributed by atoms with Crippen LogP contribution in [0.1, 0.15) is 43.8 Å². The fourth-order valence-corrected chi connectivity index (χ4v) is 3.60. The Hall–Kier alpha value is -2.38. The van der Waals surface area contributed by atoms with Crippen molar-refractivity contribution in [1.29, 1.82) is 0 Å². The third-order valence-corrected chi connectivity index (χ3v) is 5.22. The van der Waals surface area contributed by atoms with Gasteiger partial charge in [0, 0.05) is 57.3 Å². The Morgan fingerprint density at radius 3 is 2.69 bits per heavy atom. The van der Waals surface area contributed by atoms with E-state index in [1.807, 2.05) is 38.7 Å². The highest BCUT2D eigenvalue weighted by atomic mass is 16.2. The van der Waals surface area contributed by atoms with Crippen LogP contribution in [0.3, 0.4) is 0 Å². The third kappa shape index (κ3) is 3.45. The molecule has 1 aliphatic heterocycles. The van der Waals surface area contributed by atoms with E-state index in [0.29, 0.717) is 32.5 Å². The van der Waals surface area contributed by atoms with Crippen molar-refractivity contribution in [2.24, 2.45) is 5.92 Å². The van der Waals surface area contributed by atoms with Gasteiger partial charge in [0.15, 0.2) is 0 Å². The topological polar surface area (TPSA) is 78.0 Å². The van der Waals surface area contributed by atoms with Gasteiger partial charge in [0.05, 0.1) is 5.69 Å². The molecule has 1 amide bonds. The predicted octanol–water partition coefficient (Wildman–Crippen LogP) is 1.20. The first-order chi connectivity index (χ1) is 12.4. The van der Waals surface area contributed by atoms with Crippen LogP contribution < -0.4 is 5.69 Å². The summed E-state index contributed by atoms with van der Waals surface area (Å²) in [5.74, 6) is 0.864. The van der Waals surface area contributed by atoms with Gasteiger partial charge in [-0.1, -0.05) is 0 Å². The molecule has 3 rings (SSSR count). The minimum Gasteiger partial charge on any atom is -0.341 e. The van der Waals surface area contributed by atoms with Crippen molar-refractivity contribution in [3.8, 4) is 0 Å².